The minimum absolute atomic E-state index is 0. The van der Waals surface area contributed by atoms with E-state index in [9.17, 15) is 0 Å². The van der Waals surface area contributed by atoms with E-state index in [1.807, 2.05) is 0 Å². The van der Waals surface area contributed by atoms with Gasteiger partial charge in [0.2, 0.25) is 0 Å². The molecule has 0 aliphatic heterocycles. The molecule has 0 nitrogen and oxygen atoms in total. The van der Waals surface area contributed by atoms with Crippen molar-refractivity contribution in [1.82, 2.24) is 0 Å². The molecule has 0 amide bonds. The first-order valence-electron chi connectivity index (χ1n) is 12.8. The SMILES string of the molecule is CC[PH+](CC)c1ccccc1.CC[PH+](CC)c1ccccc1.CC[PH+](CC)c1ccccc1.[Ru]. The van der Waals surface area contributed by atoms with Crippen LogP contribution >= 0.6 is 23.8 Å². The van der Waals surface area contributed by atoms with Crippen LogP contribution in [0.2, 0.25) is 0 Å². The van der Waals surface area contributed by atoms with Gasteiger partial charge in [0, 0.05) is 43.2 Å². The maximum atomic E-state index is 2.30. The molecule has 0 unspecified atom stereocenters. The smallest absolute Gasteiger partial charge is 0.0620 e. The summed E-state index contributed by atoms with van der Waals surface area (Å²) in [5.41, 5.74) is 0. The van der Waals surface area contributed by atoms with E-state index >= 15 is 0 Å². The molecule has 188 valence electrons. The summed E-state index contributed by atoms with van der Waals surface area (Å²) < 4.78 is 0. The zero-order chi connectivity index (χ0) is 24.3. The molecule has 0 atom stereocenters. The second-order valence-electron chi connectivity index (χ2n) is 8.03. The fourth-order valence-corrected chi connectivity index (χ4v) is 9.94. The first-order valence-corrected chi connectivity index (χ1v) is 18.6. The van der Waals surface area contributed by atoms with Crippen molar-refractivity contribution in [3.05, 3.63) is 91.0 Å². The molecule has 34 heavy (non-hydrogen) atoms. The molecular weight excluding hydrogens is 554 g/mol. The summed E-state index contributed by atoms with van der Waals surface area (Å²) in [6.07, 6.45) is 8.11. The van der Waals surface area contributed by atoms with E-state index < -0.39 is 0 Å². The van der Waals surface area contributed by atoms with E-state index in [2.05, 4.69) is 133 Å². The third kappa shape index (κ3) is 13.0. The molecule has 0 heterocycles. The van der Waals surface area contributed by atoms with Gasteiger partial charge in [-0.05, 0) is 77.9 Å². The molecule has 0 saturated heterocycles. The molecule has 4 heteroatoms. The van der Waals surface area contributed by atoms with Crippen LogP contribution in [0, 0.1) is 0 Å². The molecule has 0 spiro atoms. The predicted molar refractivity (Wildman–Crippen MR) is 166 cm³/mol. The third-order valence-corrected chi connectivity index (χ3v) is 14.7. The average molecular weight is 603 g/mol. The summed E-state index contributed by atoms with van der Waals surface area (Å²) in [5, 5.41) is 4.76. The maximum Gasteiger partial charge on any atom is 0.0914 e. The van der Waals surface area contributed by atoms with E-state index in [1.165, 1.54) is 37.0 Å². The largest absolute Gasteiger partial charge is 0.0914 e. The van der Waals surface area contributed by atoms with Crippen LogP contribution in [0.4, 0.5) is 0 Å². The van der Waals surface area contributed by atoms with Gasteiger partial charge in [0.15, 0.2) is 0 Å². The van der Waals surface area contributed by atoms with Crippen LogP contribution in [0.5, 0.6) is 0 Å². The maximum absolute atomic E-state index is 2.30. The van der Waals surface area contributed by atoms with Gasteiger partial charge in [-0.25, -0.2) is 0 Å². The van der Waals surface area contributed by atoms with Crippen LogP contribution in [0.3, 0.4) is 0 Å². The Balaban J connectivity index is 0.000000473. The van der Waals surface area contributed by atoms with E-state index in [0.29, 0.717) is 0 Å². The normalized spacial score (nSPS) is 10.1. The number of rotatable bonds is 9. The molecule has 0 aliphatic rings. The topological polar surface area (TPSA) is 0 Å². The molecule has 0 radical (unpaired) electrons. The third-order valence-electron chi connectivity index (χ3n) is 6.11. The Morgan fingerprint density at radius 2 is 0.529 bits per heavy atom. The van der Waals surface area contributed by atoms with Crippen molar-refractivity contribution in [3.8, 4) is 0 Å². The van der Waals surface area contributed by atoms with Crippen LogP contribution in [-0.2, 0) is 19.5 Å². The van der Waals surface area contributed by atoms with Gasteiger partial charge < -0.3 is 0 Å². The first kappa shape index (κ1) is 33.6. The van der Waals surface area contributed by atoms with Gasteiger partial charge in [-0.2, -0.15) is 0 Å². The number of hydrogen-bond acceptors (Lipinski definition) is 0. The number of hydrogen-bond donors (Lipinski definition) is 0. The molecule has 0 aliphatic carbocycles. The van der Waals surface area contributed by atoms with E-state index in [-0.39, 0.29) is 43.2 Å². The number of benzene rings is 3. The van der Waals surface area contributed by atoms with Gasteiger partial charge in [-0.1, -0.05) is 54.6 Å². The van der Waals surface area contributed by atoms with E-state index in [1.54, 1.807) is 15.9 Å². The van der Waals surface area contributed by atoms with Crippen LogP contribution in [0.1, 0.15) is 41.5 Å². The van der Waals surface area contributed by atoms with Crippen LogP contribution in [-0.4, -0.2) is 37.0 Å². The van der Waals surface area contributed by atoms with Crippen molar-refractivity contribution in [2.45, 2.75) is 41.5 Å². The van der Waals surface area contributed by atoms with Gasteiger partial charge in [-0.3, -0.25) is 0 Å². The summed E-state index contributed by atoms with van der Waals surface area (Å²) >= 11 is 0. The van der Waals surface area contributed by atoms with Crippen molar-refractivity contribution < 1.29 is 19.5 Å². The molecule has 3 aromatic carbocycles. The van der Waals surface area contributed by atoms with E-state index in [4.69, 9.17) is 0 Å². The molecule has 0 N–H and O–H groups in total. The molecule has 0 fully saturated rings. The second-order valence-corrected chi connectivity index (χ2v) is 17.6. The Bertz CT molecular complexity index is 687. The Morgan fingerprint density at radius 3 is 0.676 bits per heavy atom. The minimum Gasteiger partial charge on any atom is -0.0620 e. The van der Waals surface area contributed by atoms with Gasteiger partial charge in [-0.15, -0.1) is 0 Å². The Kier molecular flexibility index (Phi) is 21.5. The van der Waals surface area contributed by atoms with Crippen molar-refractivity contribution in [2.75, 3.05) is 37.0 Å². The molecule has 3 rings (SSSR count). The Hall–Kier alpha value is -0.427. The van der Waals surface area contributed by atoms with Crippen LogP contribution < -0.4 is 15.9 Å². The summed E-state index contributed by atoms with van der Waals surface area (Å²) in [7, 11) is -0.603. The van der Waals surface area contributed by atoms with Gasteiger partial charge in [0.1, 0.15) is 0 Å². The zero-order valence-corrected chi connectivity index (χ0v) is 27.0. The average Bonchev–Trinajstić information content (AvgIpc) is 2.89. The zero-order valence-electron chi connectivity index (χ0n) is 22.3. The standard InChI is InChI=1S/3C10H15P.Ru/c3*1-3-11(4-2)10-8-6-5-7-9-10;/h3*5-9H,3-4H2,1-2H3;/p+3. The molecular formula is C30H48P3Ru+3. The van der Waals surface area contributed by atoms with Crippen molar-refractivity contribution in [1.29, 1.82) is 0 Å². The summed E-state index contributed by atoms with van der Waals surface area (Å²) in [6, 6.07) is 32.7. The van der Waals surface area contributed by atoms with Gasteiger partial charge in [0.25, 0.3) is 0 Å². The monoisotopic (exact) mass is 603 g/mol. The minimum atomic E-state index is -0.201. The van der Waals surface area contributed by atoms with Crippen LogP contribution in [0.25, 0.3) is 0 Å². The Labute approximate surface area is 227 Å². The predicted octanol–water partition coefficient (Wildman–Crippen LogP) is 7.70. The summed E-state index contributed by atoms with van der Waals surface area (Å²) in [5.74, 6) is 0. The Morgan fingerprint density at radius 1 is 0.353 bits per heavy atom. The molecule has 0 saturated carbocycles. The van der Waals surface area contributed by atoms with E-state index in [0.717, 1.165) is 0 Å². The molecule has 0 aromatic heterocycles. The quantitative estimate of drug-likeness (QED) is 0.174. The van der Waals surface area contributed by atoms with Crippen molar-refractivity contribution in [2.24, 2.45) is 0 Å². The van der Waals surface area contributed by atoms with Crippen LogP contribution in [0.15, 0.2) is 91.0 Å². The molecule has 0 bridgehead atoms. The molecule has 3 aromatic rings. The van der Waals surface area contributed by atoms with Crippen molar-refractivity contribution in [3.63, 3.8) is 0 Å². The van der Waals surface area contributed by atoms with Crippen molar-refractivity contribution >= 4 is 39.7 Å². The first-order chi connectivity index (χ1) is 16.1. The summed E-state index contributed by atoms with van der Waals surface area (Å²) in [4.78, 5) is 0. The fraction of sp³-hybridized carbons (Fsp3) is 0.400. The fourth-order valence-electron chi connectivity index (χ4n) is 4.00. The second kappa shape index (κ2) is 21.8. The van der Waals surface area contributed by atoms with Gasteiger partial charge in [0.05, 0.1) is 52.9 Å². The summed E-state index contributed by atoms with van der Waals surface area (Å²) in [6.45, 7) is 13.8. The van der Waals surface area contributed by atoms with Gasteiger partial charge >= 0.3 is 0 Å².